The maximum Gasteiger partial charge on any atom is 0.227 e. The van der Waals surface area contributed by atoms with Crippen LogP contribution in [0.1, 0.15) is 45.7 Å². The maximum absolute atomic E-state index is 12.1. The number of benzene rings is 1. The Labute approximate surface area is 152 Å². The molecule has 1 rings (SSSR count). The fourth-order valence-electron chi connectivity index (χ4n) is 2.44. The lowest BCUT2D eigenvalue weighted by Crippen LogP contribution is -2.42. The predicted molar refractivity (Wildman–Crippen MR) is 106 cm³/mol. The summed E-state index contributed by atoms with van der Waals surface area (Å²) < 4.78 is 0. The van der Waals surface area contributed by atoms with Crippen LogP contribution in [0.2, 0.25) is 0 Å². The Kier molecular flexibility index (Phi) is 8.46. The smallest absolute Gasteiger partial charge is 0.227 e. The van der Waals surface area contributed by atoms with Gasteiger partial charge in [0.2, 0.25) is 5.91 Å². The normalized spacial score (nSPS) is 12.0. The van der Waals surface area contributed by atoms with Gasteiger partial charge in [-0.2, -0.15) is 0 Å². The average Bonchev–Trinajstić information content (AvgIpc) is 2.59. The monoisotopic (exact) mass is 346 g/mol. The van der Waals surface area contributed by atoms with E-state index in [1.807, 2.05) is 34.7 Å². The molecule has 2 N–H and O–H groups in total. The fraction of sp³-hybridized carbons (Fsp3) is 0.600. The molecule has 0 aliphatic heterocycles. The Morgan fingerprint density at radius 2 is 1.60 bits per heavy atom. The standard InChI is InChI=1S/C20H34N4O/c1-7-16-10-12-17(13-11-16)14-24(6)19(22-9-3)23-15-20(4,5)18(25)21-8-2/h10-13H,7-9,14-15H2,1-6H3,(H,21,25)(H,22,23). The highest BCUT2D eigenvalue weighted by molar-refractivity contribution is 5.83. The highest BCUT2D eigenvalue weighted by atomic mass is 16.2. The van der Waals surface area contributed by atoms with Gasteiger partial charge in [-0.15, -0.1) is 0 Å². The van der Waals surface area contributed by atoms with E-state index in [2.05, 4.69) is 51.7 Å². The van der Waals surface area contributed by atoms with Crippen LogP contribution < -0.4 is 10.6 Å². The van der Waals surface area contributed by atoms with E-state index in [1.165, 1.54) is 11.1 Å². The summed E-state index contributed by atoms with van der Waals surface area (Å²) in [6.07, 6.45) is 1.05. The molecular formula is C20H34N4O. The maximum atomic E-state index is 12.1. The van der Waals surface area contributed by atoms with Crippen LogP contribution in [0.4, 0.5) is 0 Å². The van der Waals surface area contributed by atoms with Gasteiger partial charge in [-0.3, -0.25) is 9.79 Å². The van der Waals surface area contributed by atoms with E-state index in [4.69, 9.17) is 0 Å². The first-order chi connectivity index (χ1) is 11.8. The van der Waals surface area contributed by atoms with Crippen molar-refractivity contribution in [2.24, 2.45) is 10.4 Å². The van der Waals surface area contributed by atoms with E-state index in [0.29, 0.717) is 13.1 Å². The van der Waals surface area contributed by atoms with Crippen molar-refractivity contribution in [1.29, 1.82) is 0 Å². The Morgan fingerprint density at radius 3 is 2.12 bits per heavy atom. The minimum Gasteiger partial charge on any atom is -0.357 e. The molecule has 25 heavy (non-hydrogen) atoms. The zero-order chi connectivity index (χ0) is 18.9. The molecule has 0 fully saturated rings. The van der Waals surface area contributed by atoms with Gasteiger partial charge in [-0.05, 0) is 45.2 Å². The largest absolute Gasteiger partial charge is 0.357 e. The highest BCUT2D eigenvalue weighted by Crippen LogP contribution is 2.16. The molecule has 0 aromatic heterocycles. The van der Waals surface area contributed by atoms with Crippen molar-refractivity contribution in [2.75, 3.05) is 26.7 Å². The first kappa shape index (κ1) is 21.0. The highest BCUT2D eigenvalue weighted by Gasteiger charge is 2.27. The minimum atomic E-state index is -0.527. The Morgan fingerprint density at radius 1 is 1.04 bits per heavy atom. The first-order valence-electron chi connectivity index (χ1n) is 9.19. The number of aliphatic imine (C=N–C) groups is 1. The summed E-state index contributed by atoms with van der Waals surface area (Å²) in [5, 5.41) is 6.19. The van der Waals surface area contributed by atoms with E-state index >= 15 is 0 Å². The van der Waals surface area contributed by atoms with E-state index in [1.54, 1.807) is 0 Å². The predicted octanol–water partition coefficient (Wildman–Crippen LogP) is 2.81. The third kappa shape index (κ3) is 6.77. The van der Waals surface area contributed by atoms with Gasteiger partial charge in [0.25, 0.3) is 0 Å². The second-order valence-corrected chi connectivity index (χ2v) is 6.94. The molecule has 0 spiro atoms. The molecule has 0 atom stereocenters. The van der Waals surface area contributed by atoms with Crippen LogP contribution in [0, 0.1) is 5.41 Å². The molecule has 0 saturated heterocycles. The van der Waals surface area contributed by atoms with Gasteiger partial charge < -0.3 is 15.5 Å². The lowest BCUT2D eigenvalue weighted by atomic mass is 9.92. The summed E-state index contributed by atoms with van der Waals surface area (Å²) in [6, 6.07) is 8.67. The van der Waals surface area contributed by atoms with Crippen LogP contribution >= 0.6 is 0 Å². The molecule has 5 heteroatoms. The third-order valence-electron chi connectivity index (χ3n) is 4.12. The van der Waals surface area contributed by atoms with E-state index in [9.17, 15) is 4.79 Å². The van der Waals surface area contributed by atoms with Gasteiger partial charge in [0.05, 0.1) is 12.0 Å². The average molecular weight is 347 g/mol. The van der Waals surface area contributed by atoms with Crippen LogP contribution in [0.25, 0.3) is 0 Å². The van der Waals surface area contributed by atoms with Crippen molar-refractivity contribution >= 4 is 11.9 Å². The van der Waals surface area contributed by atoms with Gasteiger partial charge in [-0.25, -0.2) is 0 Å². The zero-order valence-corrected chi connectivity index (χ0v) is 16.6. The number of guanidine groups is 1. The van der Waals surface area contributed by atoms with E-state index < -0.39 is 5.41 Å². The molecule has 0 unspecified atom stereocenters. The minimum absolute atomic E-state index is 0.0346. The molecule has 0 aliphatic rings. The molecule has 0 aliphatic carbocycles. The van der Waals surface area contributed by atoms with Gasteiger partial charge in [0, 0.05) is 26.7 Å². The molecule has 5 nitrogen and oxygen atoms in total. The number of nitrogens with one attached hydrogen (secondary N) is 2. The second kappa shape index (κ2) is 10.1. The molecule has 0 radical (unpaired) electrons. The lowest BCUT2D eigenvalue weighted by Gasteiger charge is -2.25. The molecule has 1 amide bonds. The van der Waals surface area contributed by atoms with Gasteiger partial charge in [0.15, 0.2) is 5.96 Å². The summed E-state index contributed by atoms with van der Waals surface area (Å²) in [7, 11) is 2.02. The van der Waals surface area contributed by atoms with Crippen LogP contribution in [0.3, 0.4) is 0 Å². The number of nitrogens with zero attached hydrogens (tertiary/aromatic N) is 2. The van der Waals surface area contributed by atoms with Crippen LogP contribution in [0.15, 0.2) is 29.3 Å². The first-order valence-corrected chi connectivity index (χ1v) is 9.19. The number of hydrogen-bond donors (Lipinski definition) is 2. The molecule has 140 valence electrons. The molecule has 1 aromatic carbocycles. The summed E-state index contributed by atoms with van der Waals surface area (Å²) in [6.45, 7) is 12.6. The topological polar surface area (TPSA) is 56.7 Å². The zero-order valence-electron chi connectivity index (χ0n) is 16.6. The summed E-state index contributed by atoms with van der Waals surface area (Å²) in [5.41, 5.74) is 2.06. The van der Waals surface area contributed by atoms with Gasteiger partial charge in [-0.1, -0.05) is 31.2 Å². The molecule has 0 bridgehead atoms. The number of hydrogen-bond acceptors (Lipinski definition) is 2. The molecule has 1 aromatic rings. The van der Waals surface area contributed by atoms with Crippen molar-refractivity contribution in [3.05, 3.63) is 35.4 Å². The van der Waals surface area contributed by atoms with Crippen LogP contribution in [-0.4, -0.2) is 43.4 Å². The summed E-state index contributed by atoms with van der Waals surface area (Å²) in [5.74, 6) is 0.854. The quantitative estimate of drug-likeness (QED) is 0.562. The number of amides is 1. The Hall–Kier alpha value is -2.04. The van der Waals surface area contributed by atoms with Crippen molar-refractivity contribution in [1.82, 2.24) is 15.5 Å². The van der Waals surface area contributed by atoms with Crippen LogP contribution in [0.5, 0.6) is 0 Å². The van der Waals surface area contributed by atoms with Crippen molar-refractivity contribution in [3.63, 3.8) is 0 Å². The van der Waals surface area contributed by atoms with Crippen molar-refractivity contribution < 1.29 is 4.79 Å². The van der Waals surface area contributed by atoms with Gasteiger partial charge >= 0.3 is 0 Å². The number of carbonyl (C=O) groups excluding carboxylic acids is 1. The second-order valence-electron chi connectivity index (χ2n) is 6.94. The Balaban J connectivity index is 2.80. The summed E-state index contributed by atoms with van der Waals surface area (Å²) >= 11 is 0. The fourth-order valence-corrected chi connectivity index (χ4v) is 2.44. The number of carbonyl (C=O) groups is 1. The number of rotatable bonds is 8. The van der Waals surface area contributed by atoms with E-state index in [-0.39, 0.29) is 5.91 Å². The lowest BCUT2D eigenvalue weighted by molar-refractivity contribution is -0.128. The Bertz CT molecular complexity index is 564. The van der Waals surface area contributed by atoms with Gasteiger partial charge in [0.1, 0.15) is 0 Å². The third-order valence-corrected chi connectivity index (χ3v) is 4.12. The van der Waals surface area contributed by atoms with Crippen LogP contribution in [-0.2, 0) is 17.8 Å². The molecule has 0 saturated carbocycles. The SMILES string of the molecule is CCNC(=O)C(C)(C)CN=C(NCC)N(C)Cc1ccc(CC)cc1. The van der Waals surface area contributed by atoms with E-state index in [0.717, 1.165) is 25.5 Å². The molecular weight excluding hydrogens is 312 g/mol. The summed E-state index contributed by atoms with van der Waals surface area (Å²) in [4.78, 5) is 18.9. The van der Waals surface area contributed by atoms with Crippen molar-refractivity contribution in [3.8, 4) is 0 Å². The number of aryl methyl sites for hydroxylation is 1. The molecule has 0 heterocycles. The van der Waals surface area contributed by atoms with Crippen molar-refractivity contribution in [2.45, 2.75) is 47.6 Å².